The fraction of sp³-hybridized carbons (Fsp3) is 0.389. The Hall–Kier alpha value is -2.03. The van der Waals surface area contributed by atoms with E-state index in [0.717, 1.165) is 46.7 Å². The van der Waals surface area contributed by atoms with Gasteiger partial charge in [0.2, 0.25) is 5.91 Å². The van der Waals surface area contributed by atoms with Crippen LogP contribution in [0.3, 0.4) is 0 Å². The van der Waals surface area contributed by atoms with E-state index in [-0.39, 0.29) is 23.4 Å². The van der Waals surface area contributed by atoms with Crippen molar-refractivity contribution in [1.29, 1.82) is 0 Å². The molecule has 4 rings (SSSR count). The van der Waals surface area contributed by atoms with E-state index in [1.165, 1.54) is 15.9 Å². The van der Waals surface area contributed by atoms with Crippen molar-refractivity contribution in [2.24, 2.45) is 0 Å². The summed E-state index contributed by atoms with van der Waals surface area (Å²) in [6.07, 6.45) is 1.97. The molecule has 0 bridgehead atoms. The topological polar surface area (TPSA) is 64.4 Å². The van der Waals surface area contributed by atoms with Crippen LogP contribution in [0, 0.1) is 6.92 Å². The second-order valence-electron chi connectivity index (χ2n) is 6.33. The molecule has 1 atom stereocenters. The standard InChI is InChI=1S/C18H19N3O3S2/c1-12-11-25-18(23)20(12)10-16(22)21(9-13-5-4-8-24-13)17-19-14-6-2-3-7-15(14)26-17/h2-3,6-7,11,13H,4-5,8-10H2,1H3/t13-/m0/s1. The number of hydrogen-bond acceptors (Lipinski definition) is 6. The number of fused-ring (bicyclic) bond motifs is 1. The summed E-state index contributed by atoms with van der Waals surface area (Å²) in [5, 5.41) is 2.44. The fourth-order valence-corrected chi connectivity index (χ4v) is 4.80. The second-order valence-corrected chi connectivity index (χ2v) is 8.16. The van der Waals surface area contributed by atoms with Crippen molar-refractivity contribution in [3.63, 3.8) is 0 Å². The third-order valence-electron chi connectivity index (χ3n) is 4.49. The van der Waals surface area contributed by atoms with E-state index >= 15 is 0 Å². The molecule has 0 radical (unpaired) electrons. The monoisotopic (exact) mass is 389 g/mol. The van der Waals surface area contributed by atoms with Gasteiger partial charge in [-0.1, -0.05) is 34.8 Å². The summed E-state index contributed by atoms with van der Waals surface area (Å²) < 4.78 is 8.28. The minimum atomic E-state index is -0.136. The van der Waals surface area contributed by atoms with Gasteiger partial charge in [-0.15, -0.1) is 0 Å². The van der Waals surface area contributed by atoms with Crippen LogP contribution < -0.4 is 9.77 Å². The molecule has 1 aliphatic heterocycles. The number of aromatic nitrogens is 2. The maximum Gasteiger partial charge on any atom is 0.307 e. The van der Waals surface area contributed by atoms with Gasteiger partial charge in [0.15, 0.2) is 5.13 Å². The quantitative estimate of drug-likeness (QED) is 0.673. The summed E-state index contributed by atoms with van der Waals surface area (Å²) in [6.45, 7) is 3.07. The van der Waals surface area contributed by atoms with Crippen LogP contribution in [0.2, 0.25) is 0 Å². The maximum atomic E-state index is 13.1. The van der Waals surface area contributed by atoms with E-state index in [9.17, 15) is 9.59 Å². The molecule has 8 heteroatoms. The largest absolute Gasteiger partial charge is 0.376 e. The Morgan fingerprint density at radius 3 is 2.96 bits per heavy atom. The predicted molar refractivity (Wildman–Crippen MR) is 104 cm³/mol. The first-order chi connectivity index (χ1) is 12.6. The number of carbonyl (C=O) groups excluding carboxylic acids is 1. The lowest BCUT2D eigenvalue weighted by atomic mass is 10.2. The zero-order valence-electron chi connectivity index (χ0n) is 14.4. The van der Waals surface area contributed by atoms with E-state index in [2.05, 4.69) is 4.98 Å². The number of amides is 1. The van der Waals surface area contributed by atoms with Crippen molar-refractivity contribution >= 4 is 43.9 Å². The Bertz CT molecular complexity index is 952. The smallest absolute Gasteiger partial charge is 0.307 e. The molecule has 0 unspecified atom stereocenters. The molecular weight excluding hydrogens is 370 g/mol. The molecule has 6 nitrogen and oxygen atoms in total. The summed E-state index contributed by atoms with van der Waals surface area (Å²) in [6, 6.07) is 7.84. The summed E-state index contributed by atoms with van der Waals surface area (Å²) in [7, 11) is 0. The third kappa shape index (κ3) is 3.44. The third-order valence-corrected chi connectivity index (χ3v) is 6.43. The minimum Gasteiger partial charge on any atom is -0.376 e. The molecule has 0 aliphatic carbocycles. The average molecular weight is 390 g/mol. The summed E-state index contributed by atoms with van der Waals surface area (Å²) in [5.41, 5.74) is 1.68. The number of para-hydroxylation sites is 1. The van der Waals surface area contributed by atoms with Crippen LogP contribution in [0.4, 0.5) is 5.13 Å². The average Bonchev–Trinajstić information content (AvgIpc) is 3.35. The number of hydrogen-bond donors (Lipinski definition) is 0. The lowest BCUT2D eigenvalue weighted by molar-refractivity contribution is -0.119. The van der Waals surface area contributed by atoms with Crippen LogP contribution in [0.5, 0.6) is 0 Å². The van der Waals surface area contributed by atoms with Gasteiger partial charge in [-0.05, 0) is 31.9 Å². The van der Waals surface area contributed by atoms with Gasteiger partial charge in [0.05, 0.1) is 22.9 Å². The molecule has 1 fully saturated rings. The van der Waals surface area contributed by atoms with Crippen molar-refractivity contribution in [1.82, 2.24) is 9.55 Å². The first-order valence-corrected chi connectivity index (χ1v) is 10.2. The molecule has 0 saturated carbocycles. The Kier molecular flexibility index (Phi) is 4.88. The van der Waals surface area contributed by atoms with Gasteiger partial charge in [0.1, 0.15) is 6.54 Å². The van der Waals surface area contributed by atoms with E-state index in [1.54, 1.807) is 10.3 Å². The zero-order valence-corrected chi connectivity index (χ0v) is 16.0. The highest BCUT2D eigenvalue weighted by molar-refractivity contribution is 7.22. The molecule has 3 aromatic rings. The number of aryl methyl sites for hydroxylation is 1. The molecule has 1 aliphatic rings. The zero-order chi connectivity index (χ0) is 18.1. The molecule has 1 amide bonds. The molecular formula is C18H19N3O3S2. The van der Waals surface area contributed by atoms with E-state index in [0.29, 0.717) is 11.7 Å². The van der Waals surface area contributed by atoms with Gasteiger partial charge >= 0.3 is 4.87 Å². The van der Waals surface area contributed by atoms with Crippen molar-refractivity contribution in [2.75, 3.05) is 18.1 Å². The summed E-state index contributed by atoms with van der Waals surface area (Å²) in [4.78, 5) is 31.3. The predicted octanol–water partition coefficient (Wildman–Crippen LogP) is 3.04. The summed E-state index contributed by atoms with van der Waals surface area (Å²) in [5.74, 6) is -0.136. The molecule has 3 heterocycles. The molecule has 26 heavy (non-hydrogen) atoms. The molecule has 1 aromatic carbocycles. The number of carbonyl (C=O) groups is 1. The normalized spacial score (nSPS) is 17.0. The second kappa shape index (κ2) is 7.30. The Labute approximate surface area is 158 Å². The lowest BCUT2D eigenvalue weighted by Gasteiger charge is -2.23. The number of thiazole rings is 2. The highest BCUT2D eigenvalue weighted by Gasteiger charge is 2.26. The van der Waals surface area contributed by atoms with Crippen LogP contribution in [0.1, 0.15) is 18.5 Å². The van der Waals surface area contributed by atoms with Crippen molar-refractivity contribution in [3.05, 3.63) is 45.0 Å². The van der Waals surface area contributed by atoms with Crippen LogP contribution in [0.15, 0.2) is 34.4 Å². The van der Waals surface area contributed by atoms with Crippen LogP contribution in [-0.4, -0.2) is 34.7 Å². The number of benzene rings is 1. The van der Waals surface area contributed by atoms with Crippen LogP contribution >= 0.6 is 22.7 Å². The first-order valence-electron chi connectivity index (χ1n) is 8.54. The Morgan fingerprint density at radius 2 is 2.27 bits per heavy atom. The van der Waals surface area contributed by atoms with Crippen molar-refractivity contribution < 1.29 is 9.53 Å². The molecule has 2 aromatic heterocycles. The number of ether oxygens (including phenoxy) is 1. The maximum absolute atomic E-state index is 13.1. The SMILES string of the molecule is Cc1csc(=O)n1CC(=O)N(C[C@@H]1CCCO1)c1nc2ccccc2s1. The number of anilines is 1. The van der Waals surface area contributed by atoms with E-state index in [4.69, 9.17) is 4.74 Å². The van der Waals surface area contributed by atoms with Crippen LogP contribution in [-0.2, 0) is 16.1 Å². The van der Waals surface area contributed by atoms with E-state index in [1.807, 2.05) is 31.2 Å². The van der Waals surface area contributed by atoms with E-state index < -0.39 is 0 Å². The first kappa shape index (κ1) is 17.4. The van der Waals surface area contributed by atoms with Gasteiger partial charge < -0.3 is 4.74 Å². The van der Waals surface area contributed by atoms with Crippen molar-refractivity contribution in [3.8, 4) is 0 Å². The van der Waals surface area contributed by atoms with Crippen molar-refractivity contribution in [2.45, 2.75) is 32.4 Å². The lowest BCUT2D eigenvalue weighted by Crippen LogP contribution is -2.40. The molecule has 1 saturated heterocycles. The summed E-state index contributed by atoms with van der Waals surface area (Å²) >= 11 is 2.61. The highest BCUT2D eigenvalue weighted by atomic mass is 32.1. The number of nitrogens with zero attached hydrogens (tertiary/aromatic N) is 3. The Balaban J connectivity index is 1.65. The minimum absolute atomic E-state index is 0.0197. The van der Waals surface area contributed by atoms with Crippen LogP contribution in [0.25, 0.3) is 10.2 Å². The van der Waals surface area contributed by atoms with Gasteiger partial charge in [0.25, 0.3) is 0 Å². The van der Waals surface area contributed by atoms with Gasteiger partial charge in [0, 0.05) is 17.7 Å². The molecule has 0 N–H and O–H groups in total. The fourth-order valence-electron chi connectivity index (χ4n) is 3.07. The number of rotatable bonds is 5. The molecule has 136 valence electrons. The highest BCUT2D eigenvalue weighted by Crippen LogP contribution is 2.30. The Morgan fingerprint density at radius 1 is 1.42 bits per heavy atom. The molecule has 0 spiro atoms. The van der Waals surface area contributed by atoms with Gasteiger partial charge in [-0.25, -0.2) is 4.98 Å². The van der Waals surface area contributed by atoms with Gasteiger partial charge in [-0.3, -0.25) is 19.1 Å². The van der Waals surface area contributed by atoms with Gasteiger partial charge in [-0.2, -0.15) is 0 Å².